The molecule has 0 aliphatic rings. The van der Waals surface area contributed by atoms with Crippen molar-refractivity contribution in [1.82, 2.24) is 5.32 Å². The molecule has 2 nitrogen and oxygen atoms in total. The van der Waals surface area contributed by atoms with Gasteiger partial charge in [-0.3, -0.25) is 0 Å². The molecule has 23 heavy (non-hydrogen) atoms. The van der Waals surface area contributed by atoms with Crippen LogP contribution in [0.25, 0.3) is 0 Å². The third-order valence-corrected chi connectivity index (χ3v) is 3.88. The van der Waals surface area contributed by atoms with Gasteiger partial charge in [0.15, 0.2) is 0 Å². The lowest BCUT2D eigenvalue weighted by atomic mass is 10.1. The molecule has 0 saturated heterocycles. The van der Waals surface area contributed by atoms with Gasteiger partial charge in [-0.1, -0.05) is 56.3 Å². The normalized spacial score (nSPS) is 10.9. The summed E-state index contributed by atoms with van der Waals surface area (Å²) in [6, 6.07) is 19.1. The van der Waals surface area contributed by atoms with Gasteiger partial charge < -0.3 is 10.1 Å². The van der Waals surface area contributed by atoms with Crippen molar-refractivity contribution < 1.29 is 4.74 Å². The second-order valence-corrected chi connectivity index (χ2v) is 6.44. The molecule has 124 valence electrons. The quantitative estimate of drug-likeness (QED) is 0.634. The van der Waals surface area contributed by atoms with Crippen LogP contribution in [0.4, 0.5) is 0 Å². The molecule has 0 amide bonds. The molecular weight excluding hydrogens is 282 g/mol. The molecule has 0 unspecified atom stereocenters. The molecule has 0 fully saturated rings. The van der Waals surface area contributed by atoms with Crippen molar-refractivity contribution in [2.45, 2.75) is 39.7 Å². The first-order valence-corrected chi connectivity index (χ1v) is 8.70. The number of benzene rings is 2. The molecule has 1 N–H and O–H groups in total. The Bertz CT molecular complexity index is 534. The van der Waals surface area contributed by atoms with Gasteiger partial charge >= 0.3 is 0 Å². The SMILES string of the molecule is CC(C)CCOc1ccc(CNCCCc2ccccc2)cc1. The van der Waals surface area contributed by atoms with Gasteiger partial charge in [0.05, 0.1) is 6.61 Å². The third-order valence-electron chi connectivity index (χ3n) is 3.88. The minimum atomic E-state index is 0.689. The summed E-state index contributed by atoms with van der Waals surface area (Å²) < 4.78 is 5.74. The summed E-state index contributed by atoms with van der Waals surface area (Å²) in [7, 11) is 0. The fourth-order valence-electron chi connectivity index (χ4n) is 2.41. The monoisotopic (exact) mass is 311 g/mol. The van der Waals surface area contributed by atoms with Crippen molar-refractivity contribution in [2.24, 2.45) is 5.92 Å². The van der Waals surface area contributed by atoms with Crippen molar-refractivity contribution in [1.29, 1.82) is 0 Å². The minimum Gasteiger partial charge on any atom is -0.494 e. The molecule has 2 aromatic rings. The molecule has 0 atom stereocenters. The Kier molecular flexibility index (Phi) is 7.68. The van der Waals surface area contributed by atoms with Crippen LogP contribution in [0.2, 0.25) is 0 Å². The summed E-state index contributed by atoms with van der Waals surface area (Å²) in [5, 5.41) is 3.51. The van der Waals surface area contributed by atoms with Crippen LogP contribution >= 0.6 is 0 Å². The molecule has 0 aromatic heterocycles. The first-order chi connectivity index (χ1) is 11.2. The first-order valence-electron chi connectivity index (χ1n) is 8.70. The molecule has 0 aliphatic heterocycles. The predicted octanol–water partition coefficient (Wildman–Crippen LogP) is 4.83. The van der Waals surface area contributed by atoms with E-state index in [4.69, 9.17) is 4.74 Å². The summed E-state index contributed by atoms with van der Waals surface area (Å²) in [5.41, 5.74) is 2.72. The van der Waals surface area contributed by atoms with E-state index in [2.05, 4.69) is 73.8 Å². The lowest BCUT2D eigenvalue weighted by Gasteiger charge is -2.09. The van der Waals surface area contributed by atoms with Gasteiger partial charge in [-0.2, -0.15) is 0 Å². The topological polar surface area (TPSA) is 21.3 Å². The van der Waals surface area contributed by atoms with Crippen LogP contribution in [0.15, 0.2) is 54.6 Å². The number of rotatable bonds is 10. The van der Waals surface area contributed by atoms with Crippen molar-refractivity contribution in [2.75, 3.05) is 13.2 Å². The Morgan fingerprint density at radius 3 is 2.35 bits per heavy atom. The molecule has 0 radical (unpaired) electrons. The second-order valence-electron chi connectivity index (χ2n) is 6.44. The lowest BCUT2D eigenvalue weighted by Crippen LogP contribution is -2.15. The molecule has 0 heterocycles. The lowest BCUT2D eigenvalue weighted by molar-refractivity contribution is 0.289. The maximum atomic E-state index is 5.74. The van der Waals surface area contributed by atoms with E-state index < -0.39 is 0 Å². The Labute approximate surface area is 140 Å². The van der Waals surface area contributed by atoms with Gasteiger partial charge in [0.1, 0.15) is 5.75 Å². The highest BCUT2D eigenvalue weighted by Gasteiger charge is 1.98. The van der Waals surface area contributed by atoms with Crippen LogP contribution < -0.4 is 10.1 Å². The van der Waals surface area contributed by atoms with E-state index in [0.29, 0.717) is 5.92 Å². The second kappa shape index (κ2) is 10.1. The maximum absolute atomic E-state index is 5.74. The van der Waals surface area contributed by atoms with Gasteiger partial charge in [-0.05, 0) is 55.0 Å². The van der Waals surface area contributed by atoms with E-state index in [-0.39, 0.29) is 0 Å². The number of ether oxygens (including phenoxy) is 1. The molecular formula is C21H29NO. The molecule has 0 spiro atoms. The fraction of sp³-hybridized carbons (Fsp3) is 0.429. The highest BCUT2D eigenvalue weighted by molar-refractivity contribution is 5.27. The summed E-state index contributed by atoms with van der Waals surface area (Å²) in [4.78, 5) is 0. The largest absolute Gasteiger partial charge is 0.494 e. The molecule has 0 bridgehead atoms. The van der Waals surface area contributed by atoms with E-state index in [9.17, 15) is 0 Å². The van der Waals surface area contributed by atoms with Crippen LogP contribution in [0.5, 0.6) is 5.75 Å². The van der Waals surface area contributed by atoms with Crippen molar-refractivity contribution in [3.05, 3.63) is 65.7 Å². The van der Waals surface area contributed by atoms with E-state index in [1.807, 2.05) is 0 Å². The van der Waals surface area contributed by atoms with Gasteiger partial charge in [0, 0.05) is 6.54 Å². The van der Waals surface area contributed by atoms with Crippen LogP contribution in [-0.4, -0.2) is 13.2 Å². The van der Waals surface area contributed by atoms with Crippen LogP contribution in [0.3, 0.4) is 0 Å². The Morgan fingerprint density at radius 1 is 0.913 bits per heavy atom. The molecule has 0 saturated carbocycles. The predicted molar refractivity (Wildman–Crippen MR) is 97.9 cm³/mol. The van der Waals surface area contributed by atoms with Crippen LogP contribution in [0, 0.1) is 5.92 Å². The number of hydrogen-bond acceptors (Lipinski definition) is 2. The number of nitrogens with one attached hydrogen (secondary N) is 1. The highest BCUT2D eigenvalue weighted by Crippen LogP contribution is 2.13. The zero-order chi connectivity index (χ0) is 16.3. The fourth-order valence-corrected chi connectivity index (χ4v) is 2.41. The molecule has 2 aromatic carbocycles. The van der Waals surface area contributed by atoms with Crippen molar-refractivity contribution in [3.63, 3.8) is 0 Å². The summed E-state index contributed by atoms with van der Waals surface area (Å²) in [6.07, 6.45) is 3.40. The van der Waals surface area contributed by atoms with Gasteiger partial charge in [0.25, 0.3) is 0 Å². The average Bonchev–Trinajstić information content (AvgIpc) is 2.56. The van der Waals surface area contributed by atoms with Gasteiger partial charge in [-0.15, -0.1) is 0 Å². The maximum Gasteiger partial charge on any atom is 0.119 e. The molecule has 2 heteroatoms. The first kappa shape index (κ1) is 17.6. The number of aryl methyl sites for hydroxylation is 1. The van der Waals surface area contributed by atoms with Gasteiger partial charge in [-0.25, -0.2) is 0 Å². The minimum absolute atomic E-state index is 0.689. The Balaban J connectivity index is 1.60. The summed E-state index contributed by atoms with van der Waals surface area (Å²) >= 11 is 0. The molecule has 2 rings (SSSR count). The van der Waals surface area contributed by atoms with Crippen molar-refractivity contribution >= 4 is 0 Å². The van der Waals surface area contributed by atoms with Gasteiger partial charge in [0.2, 0.25) is 0 Å². The standard InChI is InChI=1S/C21H29NO/c1-18(2)14-16-23-21-12-10-20(11-13-21)17-22-15-6-9-19-7-4-3-5-8-19/h3-5,7-8,10-13,18,22H,6,9,14-17H2,1-2H3. The van der Waals surface area contributed by atoms with Crippen molar-refractivity contribution in [3.8, 4) is 5.75 Å². The molecule has 0 aliphatic carbocycles. The Hall–Kier alpha value is -1.80. The highest BCUT2D eigenvalue weighted by atomic mass is 16.5. The van der Waals surface area contributed by atoms with Crippen LogP contribution in [-0.2, 0) is 13.0 Å². The van der Waals surface area contributed by atoms with E-state index in [1.54, 1.807) is 0 Å². The number of hydrogen-bond donors (Lipinski definition) is 1. The van der Waals surface area contributed by atoms with E-state index >= 15 is 0 Å². The zero-order valence-electron chi connectivity index (χ0n) is 14.4. The van der Waals surface area contributed by atoms with E-state index in [0.717, 1.165) is 38.3 Å². The Morgan fingerprint density at radius 2 is 1.65 bits per heavy atom. The van der Waals surface area contributed by atoms with Crippen LogP contribution in [0.1, 0.15) is 37.8 Å². The smallest absolute Gasteiger partial charge is 0.119 e. The summed E-state index contributed by atoms with van der Waals surface area (Å²) in [6.45, 7) is 7.20. The zero-order valence-corrected chi connectivity index (χ0v) is 14.4. The third kappa shape index (κ3) is 7.34. The average molecular weight is 311 g/mol. The summed E-state index contributed by atoms with van der Waals surface area (Å²) in [5.74, 6) is 1.66. The van der Waals surface area contributed by atoms with E-state index in [1.165, 1.54) is 17.5 Å².